The monoisotopic (exact) mass is 298 g/mol. The van der Waals surface area contributed by atoms with E-state index in [1.807, 2.05) is 47.5 Å². The second kappa shape index (κ2) is 5.63. The van der Waals surface area contributed by atoms with Crippen molar-refractivity contribution >= 4 is 28.3 Å². The Kier molecular flexibility index (Phi) is 3.66. The second-order valence-electron chi connectivity index (χ2n) is 4.97. The third kappa shape index (κ3) is 2.16. The van der Waals surface area contributed by atoms with E-state index in [4.69, 9.17) is 9.72 Å². The minimum Gasteiger partial charge on any atom is -0.461 e. The average Bonchev–Trinajstić information content (AvgIpc) is 2.99. The van der Waals surface area contributed by atoms with Gasteiger partial charge in [-0.05, 0) is 26.0 Å². The first-order valence-electron chi connectivity index (χ1n) is 7.31. The fourth-order valence-electron chi connectivity index (χ4n) is 2.44. The third-order valence-electron chi connectivity index (χ3n) is 3.65. The van der Waals surface area contributed by atoms with Crippen molar-refractivity contribution in [2.75, 3.05) is 25.1 Å². The summed E-state index contributed by atoms with van der Waals surface area (Å²) >= 11 is 0. The first-order valence-corrected chi connectivity index (χ1v) is 7.31. The second-order valence-corrected chi connectivity index (χ2v) is 4.97. The van der Waals surface area contributed by atoms with Crippen LogP contribution in [0.5, 0.6) is 0 Å². The fourth-order valence-corrected chi connectivity index (χ4v) is 2.44. The standard InChI is InChI=1S/C16H18N4O2/c1-4-19(3)15-14-13(16(21)22-5-2)17-10-20(14)12-9-7-6-8-11(12)18-15/h6-10H,4-5H2,1-3H3. The van der Waals surface area contributed by atoms with E-state index in [0.29, 0.717) is 17.8 Å². The number of ether oxygens (including phenoxy) is 1. The molecular formula is C16H18N4O2. The first kappa shape index (κ1) is 14.3. The quantitative estimate of drug-likeness (QED) is 0.693. The number of carbonyl (C=O) groups excluding carboxylic acids is 1. The molecule has 3 rings (SSSR count). The van der Waals surface area contributed by atoms with E-state index >= 15 is 0 Å². The molecule has 0 fully saturated rings. The van der Waals surface area contributed by atoms with E-state index in [0.717, 1.165) is 23.4 Å². The summed E-state index contributed by atoms with van der Waals surface area (Å²) < 4.78 is 7.01. The van der Waals surface area contributed by atoms with Gasteiger partial charge in [0.05, 0.1) is 17.6 Å². The van der Waals surface area contributed by atoms with Crippen LogP contribution in [0.3, 0.4) is 0 Å². The highest BCUT2D eigenvalue weighted by atomic mass is 16.5. The Morgan fingerprint density at radius 2 is 2.09 bits per heavy atom. The summed E-state index contributed by atoms with van der Waals surface area (Å²) in [5, 5.41) is 0. The fraction of sp³-hybridized carbons (Fsp3) is 0.312. The first-order chi connectivity index (χ1) is 10.7. The molecule has 0 amide bonds. The smallest absolute Gasteiger partial charge is 0.359 e. The molecule has 0 saturated carbocycles. The molecule has 6 heteroatoms. The van der Waals surface area contributed by atoms with Crippen LogP contribution in [0.4, 0.5) is 5.82 Å². The molecule has 0 spiro atoms. The maximum atomic E-state index is 12.2. The highest BCUT2D eigenvalue weighted by Gasteiger charge is 2.21. The lowest BCUT2D eigenvalue weighted by Crippen LogP contribution is -2.19. The Hall–Kier alpha value is -2.63. The Morgan fingerprint density at radius 1 is 1.32 bits per heavy atom. The van der Waals surface area contributed by atoms with E-state index in [1.54, 1.807) is 13.3 Å². The van der Waals surface area contributed by atoms with Gasteiger partial charge in [-0.3, -0.25) is 4.40 Å². The van der Waals surface area contributed by atoms with Gasteiger partial charge >= 0.3 is 5.97 Å². The normalized spacial score (nSPS) is 11.0. The number of hydrogen-bond donors (Lipinski definition) is 0. The van der Waals surface area contributed by atoms with Crippen LogP contribution >= 0.6 is 0 Å². The van der Waals surface area contributed by atoms with Crippen molar-refractivity contribution < 1.29 is 9.53 Å². The predicted octanol–water partition coefficient (Wildman–Crippen LogP) is 2.52. The number of benzene rings is 1. The number of fused-ring (bicyclic) bond motifs is 3. The Balaban J connectivity index is 2.36. The van der Waals surface area contributed by atoms with Gasteiger partial charge < -0.3 is 9.64 Å². The molecule has 0 radical (unpaired) electrons. The molecule has 0 bridgehead atoms. The molecule has 0 saturated heterocycles. The molecule has 6 nitrogen and oxygen atoms in total. The van der Waals surface area contributed by atoms with Crippen LogP contribution < -0.4 is 4.90 Å². The van der Waals surface area contributed by atoms with Crippen molar-refractivity contribution in [3.05, 3.63) is 36.3 Å². The molecule has 114 valence electrons. The van der Waals surface area contributed by atoms with E-state index in [2.05, 4.69) is 4.98 Å². The molecule has 0 unspecified atom stereocenters. The average molecular weight is 298 g/mol. The maximum Gasteiger partial charge on any atom is 0.359 e. The lowest BCUT2D eigenvalue weighted by atomic mass is 10.2. The molecule has 0 aliphatic carbocycles. The number of anilines is 1. The summed E-state index contributed by atoms with van der Waals surface area (Å²) in [7, 11) is 1.94. The zero-order chi connectivity index (χ0) is 15.7. The number of hydrogen-bond acceptors (Lipinski definition) is 5. The third-order valence-corrected chi connectivity index (χ3v) is 3.65. The summed E-state index contributed by atoms with van der Waals surface area (Å²) in [5.74, 6) is 0.301. The summed E-state index contributed by atoms with van der Waals surface area (Å²) in [4.78, 5) is 23.1. The SMILES string of the molecule is CCOC(=O)c1ncn2c1c(N(C)CC)nc1ccccc12. The van der Waals surface area contributed by atoms with Crippen LogP contribution in [-0.4, -0.2) is 40.5 Å². The van der Waals surface area contributed by atoms with Crippen LogP contribution in [-0.2, 0) is 4.74 Å². The zero-order valence-electron chi connectivity index (χ0n) is 12.9. The number of aromatic nitrogens is 3. The molecule has 0 aliphatic heterocycles. The van der Waals surface area contributed by atoms with Crippen LogP contribution in [0.1, 0.15) is 24.3 Å². The van der Waals surface area contributed by atoms with Crippen LogP contribution in [0.15, 0.2) is 30.6 Å². The van der Waals surface area contributed by atoms with Gasteiger partial charge in [0.25, 0.3) is 0 Å². The molecule has 0 aliphatic rings. The van der Waals surface area contributed by atoms with Crippen molar-refractivity contribution in [2.24, 2.45) is 0 Å². The van der Waals surface area contributed by atoms with Gasteiger partial charge in [-0.1, -0.05) is 12.1 Å². The number of esters is 1. The topological polar surface area (TPSA) is 59.7 Å². The number of imidazole rings is 1. The Labute approximate surface area is 128 Å². The van der Waals surface area contributed by atoms with E-state index in [1.165, 1.54) is 0 Å². The molecule has 22 heavy (non-hydrogen) atoms. The molecule has 0 N–H and O–H groups in total. The minimum absolute atomic E-state index is 0.301. The van der Waals surface area contributed by atoms with Crippen LogP contribution in [0.2, 0.25) is 0 Å². The molecule has 3 aromatic rings. The number of para-hydroxylation sites is 2. The highest BCUT2D eigenvalue weighted by Crippen LogP contribution is 2.26. The molecule has 0 atom stereocenters. The Bertz CT molecular complexity index is 841. The van der Waals surface area contributed by atoms with Gasteiger partial charge in [0.1, 0.15) is 11.8 Å². The maximum absolute atomic E-state index is 12.2. The van der Waals surface area contributed by atoms with Gasteiger partial charge in [-0.2, -0.15) is 0 Å². The van der Waals surface area contributed by atoms with Crippen molar-refractivity contribution in [3.63, 3.8) is 0 Å². The van der Waals surface area contributed by atoms with Crippen molar-refractivity contribution in [1.29, 1.82) is 0 Å². The van der Waals surface area contributed by atoms with E-state index < -0.39 is 5.97 Å². The molecule has 1 aromatic carbocycles. The summed E-state index contributed by atoms with van der Waals surface area (Å²) in [5.41, 5.74) is 2.75. The Morgan fingerprint density at radius 3 is 2.82 bits per heavy atom. The largest absolute Gasteiger partial charge is 0.461 e. The van der Waals surface area contributed by atoms with Crippen LogP contribution in [0, 0.1) is 0 Å². The number of nitrogens with zero attached hydrogens (tertiary/aromatic N) is 4. The highest BCUT2D eigenvalue weighted by molar-refractivity contribution is 6.00. The van der Waals surface area contributed by atoms with Crippen molar-refractivity contribution in [3.8, 4) is 0 Å². The predicted molar refractivity (Wildman–Crippen MR) is 85.4 cm³/mol. The lowest BCUT2D eigenvalue weighted by Gasteiger charge is -2.18. The number of carbonyl (C=O) groups is 1. The molecule has 2 aromatic heterocycles. The van der Waals surface area contributed by atoms with Gasteiger partial charge in [-0.15, -0.1) is 0 Å². The van der Waals surface area contributed by atoms with Crippen molar-refractivity contribution in [1.82, 2.24) is 14.4 Å². The van der Waals surface area contributed by atoms with Gasteiger partial charge in [0, 0.05) is 13.6 Å². The summed E-state index contributed by atoms with van der Waals surface area (Å²) in [6, 6.07) is 7.80. The summed E-state index contributed by atoms with van der Waals surface area (Å²) in [6.45, 7) is 4.91. The van der Waals surface area contributed by atoms with Crippen molar-refractivity contribution in [2.45, 2.75) is 13.8 Å². The van der Waals surface area contributed by atoms with Gasteiger partial charge in [0.15, 0.2) is 11.5 Å². The van der Waals surface area contributed by atoms with Crippen LogP contribution in [0.25, 0.3) is 16.6 Å². The molecule has 2 heterocycles. The summed E-state index contributed by atoms with van der Waals surface area (Å²) in [6.07, 6.45) is 1.65. The van der Waals surface area contributed by atoms with E-state index in [-0.39, 0.29) is 0 Å². The lowest BCUT2D eigenvalue weighted by molar-refractivity contribution is 0.0522. The zero-order valence-corrected chi connectivity index (χ0v) is 12.9. The minimum atomic E-state index is -0.423. The van der Waals surface area contributed by atoms with Gasteiger partial charge in [0.2, 0.25) is 0 Å². The van der Waals surface area contributed by atoms with E-state index in [9.17, 15) is 4.79 Å². The van der Waals surface area contributed by atoms with Gasteiger partial charge in [-0.25, -0.2) is 14.8 Å². The number of rotatable bonds is 4. The molecular weight excluding hydrogens is 280 g/mol.